The molecule has 3 heterocycles. The van der Waals surface area contributed by atoms with Gasteiger partial charge >= 0.3 is 0 Å². The Morgan fingerprint density at radius 3 is 2.64 bits per heavy atom. The number of rotatable bonds is 6. The normalized spacial score (nSPS) is 21.7. The predicted octanol–water partition coefficient (Wildman–Crippen LogP) is 5.39. The topological polar surface area (TPSA) is 54.3 Å². The van der Waals surface area contributed by atoms with E-state index < -0.39 is 5.54 Å². The van der Waals surface area contributed by atoms with E-state index in [2.05, 4.69) is 33.5 Å². The number of carbonyl (C=O) groups excluding carboxylic acids is 2. The summed E-state index contributed by atoms with van der Waals surface area (Å²) in [7, 11) is 0. The summed E-state index contributed by atoms with van der Waals surface area (Å²) in [6.45, 7) is 3.03. The highest BCUT2D eigenvalue weighted by atomic mass is 32.1. The quantitative estimate of drug-likeness (QED) is 0.499. The number of thiophene rings is 1. The van der Waals surface area contributed by atoms with Crippen molar-refractivity contribution >= 4 is 33.4 Å². The smallest absolute Gasteiger partial charge is 0.271 e. The van der Waals surface area contributed by atoms with Crippen LogP contribution in [0.1, 0.15) is 67.9 Å². The molecule has 1 aromatic carbocycles. The van der Waals surface area contributed by atoms with E-state index in [0.29, 0.717) is 18.8 Å². The summed E-state index contributed by atoms with van der Waals surface area (Å²) in [6, 6.07) is 14.6. The lowest BCUT2D eigenvalue weighted by Gasteiger charge is -2.44. The lowest BCUT2D eigenvalue weighted by Crippen LogP contribution is -2.65. The molecule has 1 aliphatic heterocycles. The number of hydrogen-bond acceptors (Lipinski definition) is 3. The van der Waals surface area contributed by atoms with Crippen LogP contribution in [0.2, 0.25) is 0 Å². The van der Waals surface area contributed by atoms with Gasteiger partial charge in [-0.1, -0.05) is 56.0 Å². The molecule has 174 valence electrons. The second-order valence-corrected chi connectivity index (χ2v) is 10.7. The van der Waals surface area contributed by atoms with E-state index in [-0.39, 0.29) is 17.9 Å². The molecular formula is C27H33N3O2S. The maximum absolute atomic E-state index is 13.8. The van der Waals surface area contributed by atoms with Crippen molar-refractivity contribution in [2.75, 3.05) is 6.54 Å². The molecule has 0 bridgehead atoms. The third kappa shape index (κ3) is 4.33. The molecule has 5 nitrogen and oxygen atoms in total. The van der Waals surface area contributed by atoms with Crippen LogP contribution in [0.5, 0.6) is 0 Å². The van der Waals surface area contributed by atoms with Gasteiger partial charge in [-0.3, -0.25) is 9.59 Å². The first-order valence-corrected chi connectivity index (χ1v) is 13.2. The summed E-state index contributed by atoms with van der Waals surface area (Å²) in [5.74, 6) is -0.0404. The van der Waals surface area contributed by atoms with Gasteiger partial charge in [0, 0.05) is 12.6 Å². The van der Waals surface area contributed by atoms with Gasteiger partial charge in [-0.2, -0.15) is 0 Å². The molecule has 6 heteroatoms. The Hall–Kier alpha value is -2.60. The van der Waals surface area contributed by atoms with Crippen molar-refractivity contribution in [2.24, 2.45) is 0 Å². The van der Waals surface area contributed by atoms with Gasteiger partial charge in [-0.05, 0) is 55.7 Å². The summed E-state index contributed by atoms with van der Waals surface area (Å²) >= 11 is 1.65. The van der Waals surface area contributed by atoms with Gasteiger partial charge < -0.3 is 14.8 Å². The summed E-state index contributed by atoms with van der Waals surface area (Å²) in [5.41, 5.74) is 2.12. The van der Waals surface area contributed by atoms with E-state index in [1.807, 2.05) is 36.1 Å². The molecule has 1 atom stereocenters. The molecule has 2 aromatic heterocycles. The highest BCUT2D eigenvalue weighted by Gasteiger charge is 2.47. The number of carbonyl (C=O) groups is 2. The van der Waals surface area contributed by atoms with Gasteiger partial charge in [0.15, 0.2) is 0 Å². The van der Waals surface area contributed by atoms with E-state index in [9.17, 15) is 9.59 Å². The molecule has 1 saturated carbocycles. The minimum atomic E-state index is -0.902. The minimum absolute atomic E-state index is 0.00908. The van der Waals surface area contributed by atoms with Crippen LogP contribution in [-0.2, 0) is 17.8 Å². The zero-order valence-corrected chi connectivity index (χ0v) is 20.2. The van der Waals surface area contributed by atoms with E-state index in [0.717, 1.165) is 35.9 Å². The fraction of sp³-hybridized carbons (Fsp3) is 0.481. The molecule has 2 aliphatic rings. The molecule has 33 heavy (non-hydrogen) atoms. The molecular weight excluding hydrogens is 430 g/mol. The highest BCUT2D eigenvalue weighted by molar-refractivity contribution is 7.17. The first kappa shape index (κ1) is 22.2. The SMILES string of the molecule is C[C@@]1(C(=O)NC2CCCCCC2)Cn2c(cc3sccc32)C(=O)N1CCCc1ccccc1. The van der Waals surface area contributed by atoms with Crippen LogP contribution >= 0.6 is 11.3 Å². The fourth-order valence-electron chi connectivity index (χ4n) is 5.47. The molecule has 0 unspecified atom stereocenters. The summed E-state index contributed by atoms with van der Waals surface area (Å²) in [6.07, 6.45) is 8.61. The van der Waals surface area contributed by atoms with Crippen molar-refractivity contribution in [2.45, 2.75) is 76.4 Å². The Bertz CT molecular complexity index is 1130. The molecule has 0 spiro atoms. The molecule has 1 N–H and O–H groups in total. The molecule has 5 rings (SSSR count). The maximum Gasteiger partial charge on any atom is 0.271 e. The van der Waals surface area contributed by atoms with Crippen LogP contribution in [0.15, 0.2) is 47.8 Å². The number of hydrogen-bond donors (Lipinski definition) is 1. The molecule has 1 aliphatic carbocycles. The second-order valence-electron chi connectivity index (χ2n) is 9.77. The van der Waals surface area contributed by atoms with Gasteiger partial charge in [0.1, 0.15) is 11.2 Å². The third-order valence-electron chi connectivity index (χ3n) is 7.42. The monoisotopic (exact) mass is 463 g/mol. The van der Waals surface area contributed by atoms with Crippen LogP contribution in [0.25, 0.3) is 10.2 Å². The Morgan fingerprint density at radius 2 is 1.88 bits per heavy atom. The number of benzene rings is 1. The van der Waals surface area contributed by atoms with Crippen LogP contribution in [0, 0.1) is 0 Å². The van der Waals surface area contributed by atoms with Crippen molar-refractivity contribution in [3.63, 3.8) is 0 Å². The number of aryl methyl sites for hydroxylation is 1. The van der Waals surface area contributed by atoms with E-state index in [1.165, 1.54) is 31.2 Å². The van der Waals surface area contributed by atoms with Crippen molar-refractivity contribution in [3.05, 3.63) is 59.1 Å². The largest absolute Gasteiger partial charge is 0.351 e. The highest BCUT2D eigenvalue weighted by Crippen LogP contribution is 2.35. The average Bonchev–Trinajstić information content (AvgIpc) is 3.31. The maximum atomic E-state index is 13.8. The number of nitrogens with zero attached hydrogens (tertiary/aromatic N) is 2. The molecule has 1 fully saturated rings. The Balaban J connectivity index is 1.41. The number of aromatic nitrogens is 1. The molecule has 0 saturated heterocycles. The second kappa shape index (κ2) is 9.34. The van der Waals surface area contributed by atoms with Crippen LogP contribution in [0.3, 0.4) is 0 Å². The van der Waals surface area contributed by atoms with Gasteiger partial charge in [-0.15, -0.1) is 11.3 Å². The number of amides is 2. The summed E-state index contributed by atoms with van der Waals surface area (Å²) in [4.78, 5) is 29.4. The molecule has 2 amide bonds. The van der Waals surface area contributed by atoms with Crippen molar-refractivity contribution in [1.29, 1.82) is 0 Å². The third-order valence-corrected chi connectivity index (χ3v) is 8.27. The van der Waals surface area contributed by atoms with Crippen LogP contribution in [-0.4, -0.2) is 39.4 Å². The first-order chi connectivity index (χ1) is 16.1. The zero-order valence-electron chi connectivity index (χ0n) is 19.4. The lowest BCUT2D eigenvalue weighted by molar-refractivity contribution is -0.133. The van der Waals surface area contributed by atoms with E-state index in [1.54, 1.807) is 11.3 Å². The van der Waals surface area contributed by atoms with E-state index in [4.69, 9.17) is 0 Å². The Labute approximate surface area is 199 Å². The van der Waals surface area contributed by atoms with Crippen molar-refractivity contribution in [3.8, 4) is 0 Å². The van der Waals surface area contributed by atoms with Crippen molar-refractivity contribution < 1.29 is 9.59 Å². The number of fused-ring (bicyclic) bond motifs is 3. The van der Waals surface area contributed by atoms with Gasteiger partial charge in [0.2, 0.25) is 5.91 Å². The van der Waals surface area contributed by atoms with Crippen LogP contribution < -0.4 is 5.32 Å². The standard InChI is InChI=1S/C27H33N3O2S/c1-27(26(32)28-21-13-7-2-3-8-14-21)19-29-22-15-17-33-24(22)18-23(29)25(31)30(27)16-9-12-20-10-5-4-6-11-20/h4-6,10-11,15,17-18,21H,2-3,7-9,12-14,16,19H2,1H3,(H,28,32)/t27-/m0/s1. The van der Waals surface area contributed by atoms with Gasteiger partial charge in [0.25, 0.3) is 5.91 Å². The fourth-order valence-corrected chi connectivity index (χ4v) is 6.30. The summed E-state index contributed by atoms with van der Waals surface area (Å²) in [5, 5.41) is 5.40. The van der Waals surface area contributed by atoms with Crippen molar-refractivity contribution in [1.82, 2.24) is 14.8 Å². The molecule has 0 radical (unpaired) electrons. The zero-order chi connectivity index (χ0) is 22.8. The lowest BCUT2D eigenvalue weighted by atomic mass is 9.93. The van der Waals surface area contributed by atoms with E-state index >= 15 is 0 Å². The Kier molecular flexibility index (Phi) is 6.28. The number of nitrogens with one attached hydrogen (secondary N) is 1. The Morgan fingerprint density at radius 1 is 1.12 bits per heavy atom. The first-order valence-electron chi connectivity index (χ1n) is 12.3. The predicted molar refractivity (Wildman–Crippen MR) is 134 cm³/mol. The van der Waals surface area contributed by atoms with Gasteiger partial charge in [0.05, 0.1) is 16.8 Å². The molecule has 3 aromatic rings. The average molecular weight is 464 g/mol. The summed E-state index contributed by atoms with van der Waals surface area (Å²) < 4.78 is 3.17. The van der Waals surface area contributed by atoms with Crippen LogP contribution in [0.4, 0.5) is 0 Å². The van der Waals surface area contributed by atoms with Gasteiger partial charge in [-0.25, -0.2) is 0 Å². The minimum Gasteiger partial charge on any atom is -0.351 e.